The molecule has 8 heteroatoms. The highest BCUT2D eigenvalue weighted by Crippen LogP contribution is 2.32. The van der Waals surface area contributed by atoms with Crippen LogP contribution in [-0.4, -0.2) is 45.4 Å². The number of ether oxygens (including phenoxy) is 5. The van der Waals surface area contributed by atoms with Crippen molar-refractivity contribution in [1.29, 1.82) is 0 Å². The van der Waals surface area contributed by atoms with Crippen molar-refractivity contribution in [3.05, 3.63) is 48.0 Å². The van der Waals surface area contributed by atoms with E-state index in [0.29, 0.717) is 41.9 Å². The minimum absolute atomic E-state index is 0.351. The first-order valence-corrected chi connectivity index (χ1v) is 9.37. The van der Waals surface area contributed by atoms with E-state index in [1.165, 1.54) is 7.11 Å². The molecule has 0 bridgehead atoms. The van der Waals surface area contributed by atoms with Crippen molar-refractivity contribution in [2.75, 3.05) is 38.9 Å². The van der Waals surface area contributed by atoms with Crippen molar-refractivity contribution in [3.8, 4) is 23.0 Å². The first-order chi connectivity index (χ1) is 14.6. The maximum absolute atomic E-state index is 12.0. The lowest BCUT2D eigenvalue weighted by Crippen LogP contribution is -2.24. The monoisotopic (exact) mass is 413 g/mol. The van der Waals surface area contributed by atoms with Gasteiger partial charge in [-0.2, -0.15) is 0 Å². The van der Waals surface area contributed by atoms with Crippen LogP contribution in [0.25, 0.3) is 6.08 Å². The molecule has 0 radical (unpaired) electrons. The highest BCUT2D eigenvalue weighted by molar-refractivity contribution is 5.93. The topological polar surface area (TPSA) is 92.3 Å². The first kappa shape index (κ1) is 21.0. The number of amides is 1. The predicted octanol–water partition coefficient (Wildman–Crippen LogP) is 3.06. The van der Waals surface area contributed by atoms with E-state index >= 15 is 0 Å². The van der Waals surface area contributed by atoms with Crippen LogP contribution in [0.1, 0.15) is 12.5 Å². The summed E-state index contributed by atoms with van der Waals surface area (Å²) < 4.78 is 26.6. The SMILES string of the molecule is C/C=C/c1ccc(OCC(=O)OCC(=O)Nc2ccc3c(c2)OCCO3)c(OC)c1. The predicted molar refractivity (Wildman–Crippen MR) is 110 cm³/mol. The molecular formula is C22H23NO7. The molecule has 3 rings (SSSR count). The molecule has 2 aromatic rings. The molecule has 1 aliphatic heterocycles. The zero-order chi connectivity index (χ0) is 21.3. The summed E-state index contributed by atoms with van der Waals surface area (Å²) in [4.78, 5) is 23.9. The van der Waals surface area contributed by atoms with Crippen molar-refractivity contribution in [2.24, 2.45) is 0 Å². The van der Waals surface area contributed by atoms with Gasteiger partial charge in [0.15, 0.2) is 36.2 Å². The first-order valence-electron chi connectivity index (χ1n) is 9.37. The van der Waals surface area contributed by atoms with Gasteiger partial charge in [-0.05, 0) is 36.8 Å². The van der Waals surface area contributed by atoms with Gasteiger partial charge in [0.25, 0.3) is 5.91 Å². The van der Waals surface area contributed by atoms with Crippen LogP contribution in [0.15, 0.2) is 42.5 Å². The number of carbonyl (C=O) groups is 2. The Balaban J connectivity index is 1.46. The highest BCUT2D eigenvalue weighted by atomic mass is 16.6. The average molecular weight is 413 g/mol. The summed E-state index contributed by atoms with van der Waals surface area (Å²) in [5.41, 5.74) is 1.46. The number of allylic oxidation sites excluding steroid dienone is 1. The molecule has 158 valence electrons. The summed E-state index contributed by atoms with van der Waals surface area (Å²) in [6, 6.07) is 10.4. The molecule has 30 heavy (non-hydrogen) atoms. The van der Waals surface area contributed by atoms with Gasteiger partial charge in [0.2, 0.25) is 0 Å². The Bertz CT molecular complexity index is 939. The third-order valence-corrected chi connectivity index (χ3v) is 4.08. The largest absolute Gasteiger partial charge is 0.493 e. The Labute approximate surface area is 174 Å². The molecular weight excluding hydrogens is 390 g/mol. The number of esters is 1. The third kappa shape index (κ3) is 5.66. The fraction of sp³-hybridized carbons (Fsp3) is 0.273. The zero-order valence-corrected chi connectivity index (χ0v) is 16.8. The van der Waals surface area contributed by atoms with E-state index in [1.807, 2.05) is 25.1 Å². The summed E-state index contributed by atoms with van der Waals surface area (Å²) in [5, 5.41) is 2.64. The second-order valence-electron chi connectivity index (χ2n) is 6.27. The summed E-state index contributed by atoms with van der Waals surface area (Å²) in [5.74, 6) is 0.925. The number of rotatable bonds is 8. The molecule has 1 N–H and O–H groups in total. The Morgan fingerprint density at radius 2 is 1.83 bits per heavy atom. The molecule has 0 fully saturated rings. The lowest BCUT2D eigenvalue weighted by atomic mass is 10.2. The summed E-state index contributed by atoms with van der Waals surface area (Å²) >= 11 is 0. The van der Waals surface area contributed by atoms with Gasteiger partial charge in [-0.15, -0.1) is 0 Å². The average Bonchev–Trinajstić information content (AvgIpc) is 2.76. The van der Waals surface area contributed by atoms with Gasteiger partial charge in [-0.3, -0.25) is 4.79 Å². The fourth-order valence-electron chi connectivity index (χ4n) is 2.74. The lowest BCUT2D eigenvalue weighted by molar-refractivity contribution is -0.149. The van der Waals surface area contributed by atoms with Gasteiger partial charge in [0.1, 0.15) is 13.2 Å². The number of hydrogen-bond acceptors (Lipinski definition) is 7. The van der Waals surface area contributed by atoms with E-state index in [4.69, 9.17) is 23.7 Å². The molecule has 0 saturated heterocycles. The van der Waals surface area contributed by atoms with Gasteiger partial charge in [-0.1, -0.05) is 18.2 Å². The van der Waals surface area contributed by atoms with E-state index in [-0.39, 0.29) is 6.61 Å². The standard InChI is InChI=1S/C22H23NO7/c1-3-4-15-5-7-17(19(11-15)26-2)29-14-22(25)30-13-21(24)23-16-6-8-18-20(12-16)28-10-9-27-18/h3-8,11-12H,9-10,13-14H2,1-2H3,(H,23,24)/b4-3+. The van der Waals surface area contributed by atoms with E-state index in [9.17, 15) is 9.59 Å². The molecule has 0 aliphatic carbocycles. The zero-order valence-electron chi connectivity index (χ0n) is 16.8. The number of nitrogens with one attached hydrogen (secondary N) is 1. The van der Waals surface area contributed by atoms with E-state index in [1.54, 1.807) is 30.3 Å². The summed E-state index contributed by atoms with van der Waals surface area (Å²) in [7, 11) is 1.52. The number of benzene rings is 2. The molecule has 1 heterocycles. The van der Waals surface area contributed by atoms with Crippen LogP contribution < -0.4 is 24.3 Å². The van der Waals surface area contributed by atoms with Crippen molar-refractivity contribution >= 4 is 23.6 Å². The Kier molecular flexibility index (Phi) is 7.15. The molecule has 0 unspecified atom stereocenters. The number of anilines is 1. The second kappa shape index (κ2) is 10.2. The maximum atomic E-state index is 12.0. The molecule has 2 aromatic carbocycles. The number of hydrogen-bond donors (Lipinski definition) is 1. The molecule has 0 spiro atoms. The molecule has 8 nitrogen and oxygen atoms in total. The van der Waals surface area contributed by atoms with Gasteiger partial charge < -0.3 is 29.0 Å². The number of methoxy groups -OCH3 is 1. The molecule has 1 aliphatic rings. The maximum Gasteiger partial charge on any atom is 0.344 e. The van der Waals surface area contributed by atoms with Gasteiger partial charge in [-0.25, -0.2) is 4.79 Å². The minimum atomic E-state index is -0.674. The summed E-state index contributed by atoms with van der Waals surface area (Å²) in [6.07, 6.45) is 3.82. The fourth-order valence-corrected chi connectivity index (χ4v) is 2.74. The van der Waals surface area contributed by atoms with Crippen LogP contribution in [-0.2, 0) is 14.3 Å². The smallest absolute Gasteiger partial charge is 0.344 e. The van der Waals surface area contributed by atoms with Crippen LogP contribution in [0.2, 0.25) is 0 Å². The van der Waals surface area contributed by atoms with Crippen LogP contribution in [0, 0.1) is 0 Å². The van der Waals surface area contributed by atoms with Crippen molar-refractivity contribution in [1.82, 2.24) is 0 Å². The van der Waals surface area contributed by atoms with Gasteiger partial charge >= 0.3 is 5.97 Å². The van der Waals surface area contributed by atoms with E-state index in [2.05, 4.69) is 5.32 Å². The van der Waals surface area contributed by atoms with Crippen molar-refractivity contribution in [3.63, 3.8) is 0 Å². The lowest BCUT2D eigenvalue weighted by Gasteiger charge is -2.19. The molecule has 0 atom stereocenters. The van der Waals surface area contributed by atoms with Crippen molar-refractivity contribution in [2.45, 2.75) is 6.92 Å². The Morgan fingerprint density at radius 3 is 2.60 bits per heavy atom. The summed E-state index contributed by atoms with van der Waals surface area (Å²) in [6.45, 7) is 2.06. The molecule has 1 amide bonds. The quantitative estimate of drug-likeness (QED) is 0.665. The normalized spacial score (nSPS) is 12.3. The number of carbonyl (C=O) groups excluding carboxylic acids is 2. The van der Waals surface area contributed by atoms with Gasteiger partial charge in [0.05, 0.1) is 7.11 Å². The highest BCUT2D eigenvalue weighted by Gasteiger charge is 2.14. The van der Waals surface area contributed by atoms with Crippen LogP contribution in [0.3, 0.4) is 0 Å². The van der Waals surface area contributed by atoms with Crippen molar-refractivity contribution < 1.29 is 33.3 Å². The molecule has 0 aromatic heterocycles. The number of fused-ring (bicyclic) bond motifs is 1. The molecule has 0 saturated carbocycles. The second-order valence-corrected chi connectivity index (χ2v) is 6.27. The van der Waals surface area contributed by atoms with E-state index in [0.717, 1.165) is 5.56 Å². The van der Waals surface area contributed by atoms with Crippen LogP contribution in [0.5, 0.6) is 23.0 Å². The van der Waals surface area contributed by atoms with Crippen LogP contribution in [0.4, 0.5) is 5.69 Å². The van der Waals surface area contributed by atoms with Crippen LogP contribution >= 0.6 is 0 Å². The third-order valence-electron chi connectivity index (χ3n) is 4.08. The minimum Gasteiger partial charge on any atom is -0.493 e. The van der Waals surface area contributed by atoms with Gasteiger partial charge in [0, 0.05) is 11.8 Å². The van der Waals surface area contributed by atoms with E-state index < -0.39 is 18.5 Å². The Hall–Kier alpha value is -3.68. The Morgan fingerprint density at radius 1 is 1.03 bits per heavy atom.